The van der Waals surface area contributed by atoms with E-state index in [1.807, 2.05) is 17.0 Å². The van der Waals surface area contributed by atoms with Crippen molar-refractivity contribution in [1.29, 1.82) is 0 Å². The van der Waals surface area contributed by atoms with Crippen molar-refractivity contribution in [2.45, 2.75) is 30.9 Å². The lowest BCUT2D eigenvalue weighted by Gasteiger charge is -2.19. The summed E-state index contributed by atoms with van der Waals surface area (Å²) in [6.45, 7) is 1.73. The summed E-state index contributed by atoms with van der Waals surface area (Å²) in [7, 11) is 0. The quantitative estimate of drug-likeness (QED) is 0.807. The van der Waals surface area contributed by atoms with Gasteiger partial charge in [0.1, 0.15) is 0 Å². The number of thioether (sulfide) groups is 1. The van der Waals surface area contributed by atoms with Gasteiger partial charge in [-0.05, 0) is 25.0 Å². The van der Waals surface area contributed by atoms with E-state index in [0.29, 0.717) is 16.9 Å². The van der Waals surface area contributed by atoms with E-state index in [2.05, 4.69) is 15.2 Å². The number of aromatic nitrogens is 3. The highest BCUT2D eigenvalue weighted by Gasteiger charge is 2.17. The van der Waals surface area contributed by atoms with Crippen LogP contribution in [0.15, 0.2) is 34.2 Å². The van der Waals surface area contributed by atoms with Gasteiger partial charge in [-0.2, -0.15) is 0 Å². The zero-order valence-electron chi connectivity index (χ0n) is 12.3. The summed E-state index contributed by atoms with van der Waals surface area (Å²) in [6.07, 6.45) is 7.99. The Morgan fingerprint density at radius 2 is 2.05 bits per heavy atom. The molecule has 0 atom stereocenters. The molecule has 22 heavy (non-hydrogen) atoms. The monoisotopic (exact) mass is 318 g/mol. The predicted molar refractivity (Wildman–Crippen MR) is 83.3 cm³/mol. The van der Waals surface area contributed by atoms with E-state index >= 15 is 0 Å². The number of amides is 1. The van der Waals surface area contributed by atoms with Crippen LogP contribution in [-0.2, 0) is 4.79 Å². The maximum absolute atomic E-state index is 12.2. The minimum absolute atomic E-state index is 0.146. The first-order valence-electron chi connectivity index (χ1n) is 7.47. The Morgan fingerprint density at radius 3 is 2.77 bits per heavy atom. The van der Waals surface area contributed by atoms with Gasteiger partial charge in [0.05, 0.1) is 11.3 Å². The second kappa shape index (κ2) is 7.40. The molecule has 1 aliphatic rings. The Labute approximate surface area is 133 Å². The minimum atomic E-state index is 0.146. The fourth-order valence-corrected chi connectivity index (χ4v) is 3.07. The summed E-state index contributed by atoms with van der Waals surface area (Å²) in [5.41, 5.74) is 0.778. The Kier molecular flexibility index (Phi) is 5.05. The molecule has 0 aliphatic carbocycles. The van der Waals surface area contributed by atoms with Crippen molar-refractivity contribution in [1.82, 2.24) is 20.1 Å². The van der Waals surface area contributed by atoms with E-state index in [9.17, 15) is 4.79 Å². The third-order valence-corrected chi connectivity index (χ3v) is 4.40. The van der Waals surface area contributed by atoms with Gasteiger partial charge in [0, 0.05) is 25.5 Å². The molecule has 2 aromatic heterocycles. The first kappa shape index (κ1) is 15.0. The molecule has 116 valence electrons. The number of likely N-dealkylation sites (tertiary alicyclic amines) is 1. The van der Waals surface area contributed by atoms with Gasteiger partial charge in [-0.1, -0.05) is 24.6 Å². The summed E-state index contributed by atoms with van der Waals surface area (Å²) in [5, 5.41) is 8.38. The van der Waals surface area contributed by atoms with Gasteiger partial charge in [-0.3, -0.25) is 9.78 Å². The Bertz CT molecular complexity index is 609. The van der Waals surface area contributed by atoms with Crippen molar-refractivity contribution in [3.05, 3.63) is 24.5 Å². The van der Waals surface area contributed by atoms with Crippen molar-refractivity contribution in [2.24, 2.45) is 0 Å². The molecule has 0 N–H and O–H groups in total. The fourth-order valence-electron chi connectivity index (χ4n) is 2.41. The van der Waals surface area contributed by atoms with Crippen LogP contribution in [0.5, 0.6) is 0 Å². The molecule has 1 aliphatic heterocycles. The van der Waals surface area contributed by atoms with Gasteiger partial charge in [0.2, 0.25) is 11.8 Å². The van der Waals surface area contributed by atoms with E-state index in [4.69, 9.17) is 4.42 Å². The van der Waals surface area contributed by atoms with Crippen molar-refractivity contribution < 1.29 is 9.21 Å². The van der Waals surface area contributed by atoms with E-state index in [1.165, 1.54) is 24.6 Å². The molecule has 0 radical (unpaired) electrons. The molecule has 0 unspecified atom stereocenters. The van der Waals surface area contributed by atoms with Gasteiger partial charge >= 0.3 is 0 Å². The van der Waals surface area contributed by atoms with Crippen LogP contribution in [0.25, 0.3) is 11.5 Å². The highest BCUT2D eigenvalue weighted by molar-refractivity contribution is 7.99. The van der Waals surface area contributed by atoms with Crippen molar-refractivity contribution in [2.75, 3.05) is 18.8 Å². The zero-order valence-corrected chi connectivity index (χ0v) is 13.1. The Balaban J connectivity index is 1.55. The molecule has 3 heterocycles. The molecule has 7 heteroatoms. The van der Waals surface area contributed by atoms with Crippen LogP contribution in [0.1, 0.15) is 25.7 Å². The summed E-state index contributed by atoms with van der Waals surface area (Å²) >= 11 is 1.29. The lowest BCUT2D eigenvalue weighted by atomic mass is 10.2. The topological polar surface area (TPSA) is 72.1 Å². The number of nitrogens with zero attached hydrogens (tertiary/aromatic N) is 4. The van der Waals surface area contributed by atoms with Crippen LogP contribution >= 0.6 is 11.8 Å². The summed E-state index contributed by atoms with van der Waals surface area (Å²) in [5.74, 6) is 0.917. The maximum Gasteiger partial charge on any atom is 0.277 e. The second-order valence-electron chi connectivity index (χ2n) is 5.20. The molecular weight excluding hydrogens is 300 g/mol. The van der Waals surface area contributed by atoms with Crippen LogP contribution in [0.3, 0.4) is 0 Å². The standard InChI is InChI=1S/C15H18N4O2S/c20-13(19-8-3-1-2-4-9-19)11-22-15-18-17-14(21-15)12-6-5-7-16-10-12/h5-7,10H,1-4,8-9,11H2. The lowest BCUT2D eigenvalue weighted by molar-refractivity contribution is -0.128. The van der Waals surface area contributed by atoms with Crippen LogP contribution in [0, 0.1) is 0 Å². The fraction of sp³-hybridized carbons (Fsp3) is 0.467. The highest BCUT2D eigenvalue weighted by Crippen LogP contribution is 2.23. The van der Waals surface area contributed by atoms with Crippen LogP contribution in [0.2, 0.25) is 0 Å². The maximum atomic E-state index is 12.2. The molecule has 1 amide bonds. The molecule has 0 bridgehead atoms. The van der Waals surface area contributed by atoms with E-state index in [0.717, 1.165) is 31.5 Å². The SMILES string of the molecule is O=C(CSc1nnc(-c2cccnc2)o1)N1CCCCCC1. The molecule has 6 nitrogen and oxygen atoms in total. The van der Waals surface area contributed by atoms with E-state index in [-0.39, 0.29) is 5.91 Å². The highest BCUT2D eigenvalue weighted by atomic mass is 32.2. The van der Waals surface area contributed by atoms with Gasteiger partial charge in [0.25, 0.3) is 5.22 Å². The molecular formula is C15H18N4O2S. The van der Waals surface area contributed by atoms with E-state index in [1.54, 1.807) is 12.4 Å². The van der Waals surface area contributed by atoms with Crippen LogP contribution in [-0.4, -0.2) is 44.8 Å². The van der Waals surface area contributed by atoms with Crippen LogP contribution < -0.4 is 0 Å². The molecule has 0 aromatic carbocycles. The molecule has 1 saturated heterocycles. The number of carbonyl (C=O) groups excluding carboxylic acids is 1. The number of hydrogen-bond acceptors (Lipinski definition) is 6. The lowest BCUT2D eigenvalue weighted by Crippen LogP contribution is -2.33. The number of pyridine rings is 1. The van der Waals surface area contributed by atoms with E-state index < -0.39 is 0 Å². The zero-order chi connectivity index (χ0) is 15.2. The van der Waals surface area contributed by atoms with Crippen LogP contribution in [0.4, 0.5) is 0 Å². The van der Waals surface area contributed by atoms with Gasteiger partial charge in [-0.15, -0.1) is 10.2 Å². The average molecular weight is 318 g/mol. The smallest absolute Gasteiger partial charge is 0.277 e. The van der Waals surface area contributed by atoms with Crippen molar-refractivity contribution in [3.8, 4) is 11.5 Å². The van der Waals surface area contributed by atoms with Gasteiger partial charge in [0.15, 0.2) is 0 Å². The first-order chi connectivity index (χ1) is 10.8. The summed E-state index contributed by atoms with van der Waals surface area (Å²) in [4.78, 5) is 18.2. The second-order valence-corrected chi connectivity index (χ2v) is 6.13. The normalized spacial score (nSPS) is 15.5. The molecule has 0 saturated carbocycles. The molecule has 0 spiro atoms. The number of carbonyl (C=O) groups is 1. The number of hydrogen-bond donors (Lipinski definition) is 0. The largest absolute Gasteiger partial charge is 0.411 e. The predicted octanol–water partition coefficient (Wildman–Crippen LogP) is 2.63. The van der Waals surface area contributed by atoms with Gasteiger partial charge in [-0.25, -0.2) is 0 Å². The third-order valence-electron chi connectivity index (χ3n) is 3.59. The summed E-state index contributed by atoms with van der Waals surface area (Å²) < 4.78 is 5.56. The van der Waals surface area contributed by atoms with Gasteiger partial charge < -0.3 is 9.32 Å². The summed E-state index contributed by atoms with van der Waals surface area (Å²) in [6, 6.07) is 3.67. The minimum Gasteiger partial charge on any atom is -0.411 e. The number of rotatable bonds is 4. The molecule has 3 rings (SSSR count). The van der Waals surface area contributed by atoms with Crippen molar-refractivity contribution in [3.63, 3.8) is 0 Å². The first-order valence-corrected chi connectivity index (χ1v) is 8.46. The molecule has 1 fully saturated rings. The third kappa shape index (κ3) is 3.85. The van der Waals surface area contributed by atoms with Crippen molar-refractivity contribution >= 4 is 17.7 Å². The average Bonchev–Trinajstić information content (AvgIpc) is 2.87. The Hall–Kier alpha value is -1.89. The Morgan fingerprint density at radius 1 is 1.23 bits per heavy atom. The molecule has 2 aromatic rings.